The molecule has 2 amide bonds. The highest BCUT2D eigenvalue weighted by atomic mass is 19.1. The number of carboxylic acid groups (broad SMARTS) is 1. The van der Waals surface area contributed by atoms with Crippen LogP contribution in [-0.2, 0) is 12.1 Å². The van der Waals surface area contributed by atoms with Crippen LogP contribution in [0.1, 0.15) is 47.3 Å². The Bertz CT molecular complexity index is 1940. The molecule has 0 saturated heterocycles. The molecule has 10 nitrogen and oxygen atoms in total. The monoisotopic (exact) mass is 642 g/mol. The Hall–Kier alpha value is -5.20. The van der Waals surface area contributed by atoms with Crippen LogP contribution in [0.2, 0.25) is 0 Å². The van der Waals surface area contributed by atoms with E-state index in [2.05, 4.69) is 30.5 Å². The lowest BCUT2D eigenvalue weighted by Gasteiger charge is -2.18. The fraction of sp³-hybridized carbons (Fsp3) is 0.257. The molecule has 5 aromatic rings. The van der Waals surface area contributed by atoms with Gasteiger partial charge in [0.2, 0.25) is 0 Å². The number of fused-ring (bicyclic) bond motifs is 1. The minimum absolute atomic E-state index is 0.164. The summed E-state index contributed by atoms with van der Waals surface area (Å²) in [5, 5.41) is 24.5. The summed E-state index contributed by atoms with van der Waals surface area (Å²) in [6.07, 6.45) is 1.06. The molecule has 0 spiro atoms. The van der Waals surface area contributed by atoms with E-state index in [1.807, 2.05) is 37.4 Å². The smallest absolute Gasteiger partial charge is 0.404 e. The predicted octanol–water partition coefficient (Wildman–Crippen LogP) is 6.45. The highest BCUT2D eigenvalue weighted by molar-refractivity contribution is 6.06. The molecule has 0 aliphatic rings. The molecule has 0 radical (unpaired) electrons. The lowest BCUT2D eigenvalue weighted by Crippen LogP contribution is -2.26. The topological polar surface area (TPSA) is 143 Å². The molecule has 244 valence electrons. The predicted molar refractivity (Wildman–Crippen MR) is 176 cm³/mol. The van der Waals surface area contributed by atoms with Crippen molar-refractivity contribution in [1.82, 2.24) is 25.2 Å². The second-order valence-electron chi connectivity index (χ2n) is 12.0. The number of nitrogens with one attached hydrogen (secondary N) is 3. The van der Waals surface area contributed by atoms with E-state index in [1.54, 1.807) is 6.92 Å². The Morgan fingerprint density at radius 3 is 2.45 bits per heavy atom. The minimum atomic E-state index is -1.28. The molecule has 0 unspecified atom stereocenters. The van der Waals surface area contributed by atoms with Gasteiger partial charge in [0.15, 0.2) is 0 Å². The Morgan fingerprint density at radius 2 is 1.77 bits per heavy atom. The SMILES string of the molecule is Cc1c(NC(=O)c2ccc(C(C)(C)O)cc2F)cc(F)cc1-c1ncnc2[nH]c(-c3ccc(CN(C)CCCNC(=O)O)cc3)cc12. The number of aromatic nitrogens is 3. The largest absolute Gasteiger partial charge is 0.465 e. The van der Waals surface area contributed by atoms with Gasteiger partial charge in [0.05, 0.1) is 16.9 Å². The summed E-state index contributed by atoms with van der Waals surface area (Å²) in [4.78, 5) is 37.9. The molecule has 3 aromatic carbocycles. The summed E-state index contributed by atoms with van der Waals surface area (Å²) in [7, 11) is 1.98. The highest BCUT2D eigenvalue weighted by Crippen LogP contribution is 2.35. The summed E-state index contributed by atoms with van der Waals surface area (Å²) in [5.74, 6) is -2.18. The van der Waals surface area contributed by atoms with E-state index < -0.39 is 29.2 Å². The molecule has 47 heavy (non-hydrogen) atoms. The average molecular weight is 643 g/mol. The van der Waals surface area contributed by atoms with E-state index in [1.165, 1.54) is 44.4 Å². The molecule has 12 heteroatoms. The maximum atomic E-state index is 15.0. The molecule has 5 rings (SSSR count). The van der Waals surface area contributed by atoms with Crippen LogP contribution in [0.25, 0.3) is 33.5 Å². The van der Waals surface area contributed by atoms with Crippen LogP contribution in [-0.4, -0.2) is 62.2 Å². The van der Waals surface area contributed by atoms with E-state index in [0.717, 1.165) is 29.4 Å². The number of aromatic amines is 1. The maximum Gasteiger partial charge on any atom is 0.404 e. The fourth-order valence-electron chi connectivity index (χ4n) is 5.36. The molecule has 0 bridgehead atoms. The van der Waals surface area contributed by atoms with E-state index in [4.69, 9.17) is 5.11 Å². The number of nitrogens with zero attached hydrogens (tertiary/aromatic N) is 3. The lowest BCUT2D eigenvalue weighted by molar-refractivity contribution is 0.0780. The first-order valence-electron chi connectivity index (χ1n) is 15.0. The van der Waals surface area contributed by atoms with Crippen molar-refractivity contribution < 1.29 is 28.6 Å². The number of halogens is 2. The Kier molecular flexibility index (Phi) is 9.64. The molecule has 2 heterocycles. The van der Waals surface area contributed by atoms with E-state index >= 15 is 0 Å². The van der Waals surface area contributed by atoms with Crippen LogP contribution >= 0.6 is 0 Å². The molecule has 0 aliphatic heterocycles. The van der Waals surface area contributed by atoms with Gasteiger partial charge in [0.1, 0.15) is 23.6 Å². The third-order valence-electron chi connectivity index (χ3n) is 7.93. The number of amides is 2. The number of carbonyl (C=O) groups is 2. The first-order valence-corrected chi connectivity index (χ1v) is 15.0. The third-order valence-corrected chi connectivity index (χ3v) is 7.93. The van der Waals surface area contributed by atoms with E-state index in [-0.39, 0.29) is 11.3 Å². The van der Waals surface area contributed by atoms with Crippen LogP contribution in [0.3, 0.4) is 0 Å². The number of hydrogen-bond donors (Lipinski definition) is 5. The second kappa shape index (κ2) is 13.7. The van der Waals surface area contributed by atoms with Crippen molar-refractivity contribution in [3.63, 3.8) is 0 Å². The summed E-state index contributed by atoms with van der Waals surface area (Å²) in [6.45, 7) is 6.59. The van der Waals surface area contributed by atoms with Gasteiger partial charge in [-0.3, -0.25) is 4.79 Å². The Labute approximate surface area is 270 Å². The summed E-state index contributed by atoms with van der Waals surface area (Å²) in [5.41, 5.74) is 3.72. The van der Waals surface area contributed by atoms with Gasteiger partial charge >= 0.3 is 6.09 Å². The normalized spacial score (nSPS) is 11.7. The van der Waals surface area contributed by atoms with Crippen LogP contribution in [0.5, 0.6) is 0 Å². The second-order valence-corrected chi connectivity index (χ2v) is 12.0. The van der Waals surface area contributed by atoms with Crippen LogP contribution in [0.4, 0.5) is 19.3 Å². The third kappa shape index (κ3) is 7.79. The number of rotatable bonds is 11. The first-order chi connectivity index (χ1) is 22.3. The summed E-state index contributed by atoms with van der Waals surface area (Å²) in [6, 6.07) is 16.3. The number of H-pyrrole nitrogens is 1. The van der Waals surface area contributed by atoms with Crippen molar-refractivity contribution in [2.75, 3.05) is 25.5 Å². The molecule has 0 fully saturated rings. The van der Waals surface area contributed by atoms with Crippen molar-refractivity contribution in [2.45, 2.75) is 39.3 Å². The van der Waals surface area contributed by atoms with Gasteiger partial charge < -0.3 is 30.7 Å². The van der Waals surface area contributed by atoms with Crippen molar-refractivity contribution in [3.05, 3.63) is 101 Å². The number of anilines is 1. The molecule has 2 aromatic heterocycles. The maximum absolute atomic E-state index is 15.0. The Morgan fingerprint density at radius 1 is 1.02 bits per heavy atom. The van der Waals surface area contributed by atoms with Gasteiger partial charge in [0.25, 0.3) is 5.91 Å². The fourth-order valence-corrected chi connectivity index (χ4v) is 5.36. The summed E-state index contributed by atoms with van der Waals surface area (Å²) >= 11 is 0. The number of aliphatic hydroxyl groups is 1. The quantitative estimate of drug-likeness (QED) is 0.104. The standard InChI is InChI=1S/C35H36F2N6O4/c1-20-26(15-24(36)16-29(20)42-33(44)25-11-10-23(14-28(25)37)35(2,3)47)31-27-17-30(41-32(27)40-19-39-31)22-8-6-21(7-9-22)18-43(4)13-5-12-38-34(45)46/h6-11,14-17,19,38,47H,5,12-13,18H2,1-4H3,(H,42,44)(H,45,46)(H,39,40,41). The molecule has 0 aliphatic carbocycles. The van der Waals surface area contributed by atoms with Gasteiger partial charge in [-0.15, -0.1) is 0 Å². The van der Waals surface area contributed by atoms with Crippen LogP contribution in [0.15, 0.2) is 67.0 Å². The van der Waals surface area contributed by atoms with Gasteiger partial charge in [-0.25, -0.2) is 23.5 Å². The first kappa shape index (κ1) is 33.2. The molecule has 5 N–H and O–H groups in total. The van der Waals surface area contributed by atoms with E-state index in [9.17, 15) is 23.5 Å². The van der Waals surface area contributed by atoms with Gasteiger partial charge in [0, 0.05) is 35.4 Å². The van der Waals surface area contributed by atoms with Gasteiger partial charge in [-0.1, -0.05) is 30.3 Å². The zero-order chi connectivity index (χ0) is 33.9. The van der Waals surface area contributed by atoms with Crippen molar-refractivity contribution >= 4 is 28.7 Å². The zero-order valence-corrected chi connectivity index (χ0v) is 26.5. The number of hydrogen-bond acceptors (Lipinski definition) is 6. The minimum Gasteiger partial charge on any atom is -0.465 e. The average Bonchev–Trinajstić information content (AvgIpc) is 3.45. The number of carbonyl (C=O) groups excluding carboxylic acids is 1. The number of benzene rings is 3. The van der Waals surface area contributed by atoms with Crippen molar-refractivity contribution in [1.29, 1.82) is 0 Å². The van der Waals surface area contributed by atoms with Gasteiger partial charge in [-0.2, -0.15) is 0 Å². The van der Waals surface area contributed by atoms with Gasteiger partial charge in [-0.05, 0) is 93.4 Å². The zero-order valence-electron chi connectivity index (χ0n) is 26.5. The molecular weight excluding hydrogens is 606 g/mol. The van der Waals surface area contributed by atoms with E-state index in [0.29, 0.717) is 52.9 Å². The molecular formula is C35H36F2N6O4. The van der Waals surface area contributed by atoms with Crippen LogP contribution < -0.4 is 10.6 Å². The lowest BCUT2D eigenvalue weighted by atomic mass is 9.96. The highest BCUT2D eigenvalue weighted by Gasteiger charge is 2.22. The molecule has 0 saturated carbocycles. The van der Waals surface area contributed by atoms with Crippen molar-refractivity contribution in [3.8, 4) is 22.5 Å². The molecule has 0 atom stereocenters. The van der Waals surface area contributed by atoms with Crippen molar-refractivity contribution in [2.24, 2.45) is 0 Å². The van der Waals surface area contributed by atoms with Crippen LogP contribution in [0, 0.1) is 18.6 Å². The Balaban J connectivity index is 1.37. The summed E-state index contributed by atoms with van der Waals surface area (Å²) < 4.78 is 29.8.